The summed E-state index contributed by atoms with van der Waals surface area (Å²) in [5.41, 5.74) is 0.846. The first-order chi connectivity index (χ1) is 7.15. The standard InChI is InChI=1S/C9H15N3O3/c1-6(4-13)12-9(7(2)15-3)8(5-14)10-11-12/h5-7,13H,4H2,1-3H3. The Bertz CT molecular complexity index is 337. The largest absolute Gasteiger partial charge is 0.394 e. The van der Waals surface area contributed by atoms with Gasteiger partial charge in [-0.2, -0.15) is 0 Å². The van der Waals surface area contributed by atoms with Crippen molar-refractivity contribution in [1.82, 2.24) is 15.0 Å². The Balaban J connectivity index is 3.16. The van der Waals surface area contributed by atoms with Crippen molar-refractivity contribution < 1.29 is 14.6 Å². The first-order valence-electron chi connectivity index (χ1n) is 4.69. The summed E-state index contributed by atoms with van der Waals surface area (Å²) < 4.78 is 6.64. The molecule has 1 heterocycles. The summed E-state index contributed by atoms with van der Waals surface area (Å²) in [5.74, 6) is 0. The van der Waals surface area contributed by atoms with Gasteiger partial charge in [0, 0.05) is 7.11 Å². The third kappa shape index (κ3) is 2.21. The molecule has 6 heteroatoms. The van der Waals surface area contributed by atoms with Crippen LogP contribution >= 0.6 is 0 Å². The quantitative estimate of drug-likeness (QED) is 0.714. The van der Waals surface area contributed by atoms with Crippen LogP contribution in [0.3, 0.4) is 0 Å². The molecule has 0 bridgehead atoms. The number of aliphatic hydroxyl groups excluding tert-OH is 1. The Hall–Kier alpha value is -1.27. The molecule has 1 rings (SSSR count). The van der Waals surface area contributed by atoms with E-state index in [-0.39, 0.29) is 24.4 Å². The van der Waals surface area contributed by atoms with Crippen LogP contribution in [-0.2, 0) is 4.74 Å². The lowest BCUT2D eigenvalue weighted by molar-refractivity contribution is 0.102. The molecule has 2 atom stereocenters. The maximum absolute atomic E-state index is 10.7. The van der Waals surface area contributed by atoms with Gasteiger partial charge in [0.05, 0.1) is 24.4 Å². The number of hydrogen-bond acceptors (Lipinski definition) is 5. The van der Waals surface area contributed by atoms with E-state index in [4.69, 9.17) is 9.84 Å². The maximum Gasteiger partial charge on any atom is 0.172 e. The van der Waals surface area contributed by atoms with E-state index >= 15 is 0 Å². The third-order valence-corrected chi connectivity index (χ3v) is 2.29. The van der Waals surface area contributed by atoms with Crippen LogP contribution < -0.4 is 0 Å². The second kappa shape index (κ2) is 4.99. The fourth-order valence-electron chi connectivity index (χ4n) is 1.31. The van der Waals surface area contributed by atoms with Crippen molar-refractivity contribution in [3.05, 3.63) is 11.4 Å². The predicted molar refractivity (Wildman–Crippen MR) is 52.6 cm³/mol. The highest BCUT2D eigenvalue weighted by Crippen LogP contribution is 2.20. The highest BCUT2D eigenvalue weighted by Gasteiger charge is 2.21. The minimum Gasteiger partial charge on any atom is -0.394 e. The molecule has 0 spiro atoms. The second-order valence-corrected chi connectivity index (χ2v) is 3.33. The molecule has 1 aromatic rings. The van der Waals surface area contributed by atoms with Crippen molar-refractivity contribution in [2.75, 3.05) is 13.7 Å². The normalized spacial score (nSPS) is 14.9. The molecule has 2 unspecified atom stereocenters. The lowest BCUT2D eigenvalue weighted by Crippen LogP contribution is -2.17. The van der Waals surface area contributed by atoms with Gasteiger partial charge in [-0.25, -0.2) is 4.68 Å². The summed E-state index contributed by atoms with van der Waals surface area (Å²) in [7, 11) is 1.54. The fourth-order valence-corrected chi connectivity index (χ4v) is 1.31. The molecule has 0 aliphatic heterocycles. The SMILES string of the molecule is COC(C)c1c(C=O)nnn1C(C)CO. The first kappa shape index (κ1) is 11.8. The maximum atomic E-state index is 10.7. The van der Waals surface area contributed by atoms with E-state index in [1.54, 1.807) is 21.0 Å². The van der Waals surface area contributed by atoms with E-state index in [2.05, 4.69) is 10.3 Å². The summed E-state index contributed by atoms with van der Waals surface area (Å²) in [4.78, 5) is 10.7. The van der Waals surface area contributed by atoms with Crippen LogP contribution in [0, 0.1) is 0 Å². The molecule has 6 nitrogen and oxygen atoms in total. The first-order valence-corrected chi connectivity index (χ1v) is 4.69. The van der Waals surface area contributed by atoms with E-state index in [0.29, 0.717) is 12.0 Å². The summed E-state index contributed by atoms with van der Waals surface area (Å²) in [6.07, 6.45) is 0.354. The van der Waals surface area contributed by atoms with Gasteiger partial charge in [0.1, 0.15) is 0 Å². The third-order valence-electron chi connectivity index (χ3n) is 2.29. The molecule has 0 saturated carbocycles. The number of carbonyl (C=O) groups is 1. The molecule has 0 saturated heterocycles. The van der Waals surface area contributed by atoms with Gasteiger partial charge in [0.25, 0.3) is 0 Å². The topological polar surface area (TPSA) is 77.2 Å². The number of rotatable bonds is 5. The molecule has 84 valence electrons. The van der Waals surface area contributed by atoms with Crippen LogP contribution in [0.15, 0.2) is 0 Å². The van der Waals surface area contributed by atoms with Gasteiger partial charge in [0.15, 0.2) is 12.0 Å². The number of nitrogens with zero attached hydrogens (tertiary/aromatic N) is 3. The zero-order valence-electron chi connectivity index (χ0n) is 9.04. The molecular formula is C9H15N3O3. The van der Waals surface area contributed by atoms with Crippen molar-refractivity contribution in [3.8, 4) is 0 Å². The van der Waals surface area contributed by atoms with Gasteiger partial charge in [-0.05, 0) is 13.8 Å². The number of aromatic nitrogens is 3. The molecule has 1 aromatic heterocycles. The molecule has 0 radical (unpaired) electrons. The zero-order chi connectivity index (χ0) is 11.4. The summed E-state index contributed by atoms with van der Waals surface area (Å²) in [6.45, 7) is 3.52. The molecule has 0 fully saturated rings. The molecule has 0 aromatic carbocycles. The monoisotopic (exact) mass is 213 g/mol. The Morgan fingerprint density at radius 3 is 2.73 bits per heavy atom. The van der Waals surface area contributed by atoms with Crippen molar-refractivity contribution in [2.24, 2.45) is 0 Å². The summed E-state index contributed by atoms with van der Waals surface area (Å²) >= 11 is 0. The summed E-state index contributed by atoms with van der Waals surface area (Å²) in [5, 5.41) is 16.6. The lowest BCUT2D eigenvalue weighted by Gasteiger charge is -2.15. The molecule has 0 aliphatic rings. The van der Waals surface area contributed by atoms with E-state index < -0.39 is 0 Å². The van der Waals surface area contributed by atoms with Gasteiger partial charge >= 0.3 is 0 Å². The minimum absolute atomic E-state index is 0.0644. The Morgan fingerprint density at radius 2 is 2.27 bits per heavy atom. The van der Waals surface area contributed by atoms with E-state index in [1.807, 2.05) is 0 Å². The average molecular weight is 213 g/mol. The number of carbonyl (C=O) groups excluding carboxylic acids is 1. The number of hydrogen-bond donors (Lipinski definition) is 1. The number of ether oxygens (including phenoxy) is 1. The number of methoxy groups -OCH3 is 1. The summed E-state index contributed by atoms with van der Waals surface area (Å²) in [6, 6.07) is -0.223. The Morgan fingerprint density at radius 1 is 1.60 bits per heavy atom. The van der Waals surface area contributed by atoms with Gasteiger partial charge < -0.3 is 9.84 Å². The van der Waals surface area contributed by atoms with Crippen molar-refractivity contribution in [2.45, 2.75) is 26.0 Å². The van der Waals surface area contributed by atoms with Crippen LogP contribution in [0.1, 0.15) is 42.2 Å². The second-order valence-electron chi connectivity index (χ2n) is 3.33. The fraction of sp³-hybridized carbons (Fsp3) is 0.667. The van der Waals surface area contributed by atoms with Crippen LogP contribution in [0.25, 0.3) is 0 Å². The van der Waals surface area contributed by atoms with Crippen molar-refractivity contribution >= 4 is 6.29 Å². The van der Waals surface area contributed by atoms with Crippen molar-refractivity contribution in [1.29, 1.82) is 0 Å². The van der Waals surface area contributed by atoms with E-state index in [0.717, 1.165) is 0 Å². The molecular weight excluding hydrogens is 198 g/mol. The molecule has 1 N–H and O–H groups in total. The van der Waals surface area contributed by atoms with Crippen LogP contribution in [0.2, 0.25) is 0 Å². The number of aliphatic hydroxyl groups is 1. The molecule has 0 aliphatic carbocycles. The van der Waals surface area contributed by atoms with Gasteiger partial charge in [-0.15, -0.1) is 5.10 Å². The minimum atomic E-state index is -0.283. The Kier molecular flexibility index (Phi) is 3.93. The average Bonchev–Trinajstić information content (AvgIpc) is 2.70. The predicted octanol–water partition coefficient (Wildman–Crippen LogP) is 0.351. The molecule has 15 heavy (non-hydrogen) atoms. The van der Waals surface area contributed by atoms with Crippen LogP contribution in [-0.4, -0.2) is 40.1 Å². The zero-order valence-corrected chi connectivity index (χ0v) is 9.04. The van der Waals surface area contributed by atoms with E-state index in [9.17, 15) is 4.79 Å². The number of aldehydes is 1. The van der Waals surface area contributed by atoms with Gasteiger partial charge in [-0.3, -0.25) is 4.79 Å². The van der Waals surface area contributed by atoms with Crippen LogP contribution in [0.5, 0.6) is 0 Å². The highest BCUT2D eigenvalue weighted by molar-refractivity contribution is 5.73. The smallest absolute Gasteiger partial charge is 0.172 e. The Labute approximate surface area is 87.9 Å². The highest BCUT2D eigenvalue weighted by atomic mass is 16.5. The van der Waals surface area contributed by atoms with Crippen LogP contribution in [0.4, 0.5) is 0 Å². The molecule has 0 amide bonds. The van der Waals surface area contributed by atoms with Gasteiger partial charge in [-0.1, -0.05) is 5.21 Å². The van der Waals surface area contributed by atoms with E-state index in [1.165, 1.54) is 4.68 Å². The van der Waals surface area contributed by atoms with Crippen molar-refractivity contribution in [3.63, 3.8) is 0 Å². The van der Waals surface area contributed by atoms with Gasteiger partial charge in [0.2, 0.25) is 0 Å². The lowest BCUT2D eigenvalue weighted by atomic mass is 10.2.